The van der Waals surface area contributed by atoms with Crippen LogP contribution in [0.5, 0.6) is 0 Å². The molecule has 0 bridgehead atoms. The summed E-state index contributed by atoms with van der Waals surface area (Å²) < 4.78 is 0. The molecule has 0 amide bonds. The van der Waals surface area contributed by atoms with Gasteiger partial charge in [0.05, 0.1) is 6.04 Å². The van der Waals surface area contributed by atoms with Crippen LogP contribution in [0.15, 0.2) is 72.8 Å². The fourth-order valence-corrected chi connectivity index (χ4v) is 3.66. The van der Waals surface area contributed by atoms with Gasteiger partial charge in [-0.2, -0.15) is 0 Å². The molecule has 2 unspecified atom stereocenters. The lowest BCUT2D eigenvalue weighted by atomic mass is 9.94. The van der Waals surface area contributed by atoms with Gasteiger partial charge in [0, 0.05) is 5.69 Å². The van der Waals surface area contributed by atoms with E-state index in [0.717, 1.165) is 6.42 Å². The van der Waals surface area contributed by atoms with E-state index in [1.807, 2.05) is 0 Å². The first-order valence-electron chi connectivity index (χ1n) is 9.29. The maximum atomic E-state index is 3.69. The van der Waals surface area contributed by atoms with Crippen molar-refractivity contribution in [2.75, 3.05) is 5.32 Å². The third-order valence-electron chi connectivity index (χ3n) is 5.48. The molecule has 1 aliphatic heterocycles. The highest BCUT2D eigenvalue weighted by molar-refractivity contribution is 5.65. The lowest BCUT2D eigenvalue weighted by Crippen LogP contribution is -2.05. The maximum Gasteiger partial charge on any atom is 0.0555 e. The molecule has 3 aromatic rings. The van der Waals surface area contributed by atoms with E-state index in [0.29, 0.717) is 12.0 Å². The first kappa shape index (κ1) is 16.0. The molecular formula is C24H25N. The number of hydrogen-bond acceptors (Lipinski definition) is 1. The van der Waals surface area contributed by atoms with Crippen LogP contribution in [0.4, 0.5) is 5.69 Å². The number of anilines is 1. The van der Waals surface area contributed by atoms with Crippen molar-refractivity contribution in [3.63, 3.8) is 0 Å². The molecule has 3 aromatic carbocycles. The smallest absolute Gasteiger partial charge is 0.0555 e. The Balaban J connectivity index is 1.53. The summed E-state index contributed by atoms with van der Waals surface area (Å²) in [5, 5.41) is 3.69. The van der Waals surface area contributed by atoms with Crippen molar-refractivity contribution in [3.05, 3.63) is 89.5 Å². The lowest BCUT2D eigenvalue weighted by Gasteiger charge is -2.12. The zero-order chi connectivity index (χ0) is 17.2. The van der Waals surface area contributed by atoms with Gasteiger partial charge in [0.25, 0.3) is 0 Å². The Kier molecular flexibility index (Phi) is 4.31. The van der Waals surface area contributed by atoms with Crippen LogP contribution in [-0.4, -0.2) is 0 Å². The molecule has 1 N–H and O–H groups in total. The minimum Gasteiger partial charge on any atom is -0.378 e. The third-order valence-corrected chi connectivity index (χ3v) is 5.48. The van der Waals surface area contributed by atoms with Gasteiger partial charge in [-0.1, -0.05) is 80.6 Å². The zero-order valence-corrected chi connectivity index (χ0v) is 15.0. The Morgan fingerprint density at radius 1 is 0.920 bits per heavy atom. The SMILES string of the molecule is CCC(C)c1ccc2c(c1)CC(c1ccc(-c3ccccc3)cc1)N2. The highest BCUT2D eigenvalue weighted by Gasteiger charge is 2.22. The average Bonchev–Trinajstić information content (AvgIpc) is 3.11. The van der Waals surface area contributed by atoms with Gasteiger partial charge in [0.2, 0.25) is 0 Å². The Hall–Kier alpha value is -2.54. The highest BCUT2D eigenvalue weighted by atomic mass is 14.9. The minimum absolute atomic E-state index is 0.381. The maximum absolute atomic E-state index is 3.69. The van der Waals surface area contributed by atoms with E-state index >= 15 is 0 Å². The number of benzene rings is 3. The molecule has 1 aliphatic rings. The summed E-state index contributed by atoms with van der Waals surface area (Å²) >= 11 is 0. The first-order valence-corrected chi connectivity index (χ1v) is 9.29. The van der Waals surface area contributed by atoms with Crippen molar-refractivity contribution in [3.8, 4) is 11.1 Å². The van der Waals surface area contributed by atoms with Crippen LogP contribution in [0.3, 0.4) is 0 Å². The van der Waals surface area contributed by atoms with Crippen LogP contribution in [0.1, 0.15) is 48.9 Å². The van der Waals surface area contributed by atoms with Gasteiger partial charge in [-0.25, -0.2) is 0 Å². The van der Waals surface area contributed by atoms with E-state index in [2.05, 4.69) is 92.0 Å². The van der Waals surface area contributed by atoms with Gasteiger partial charge < -0.3 is 5.32 Å². The molecular weight excluding hydrogens is 302 g/mol. The Bertz CT molecular complexity index is 849. The van der Waals surface area contributed by atoms with E-state index in [4.69, 9.17) is 0 Å². The molecule has 2 atom stereocenters. The first-order chi connectivity index (χ1) is 12.2. The molecule has 0 fully saturated rings. The van der Waals surface area contributed by atoms with E-state index in [9.17, 15) is 0 Å². The number of nitrogens with one attached hydrogen (secondary N) is 1. The lowest BCUT2D eigenvalue weighted by molar-refractivity contribution is 0.732. The van der Waals surface area contributed by atoms with Gasteiger partial charge in [-0.15, -0.1) is 0 Å². The summed E-state index contributed by atoms with van der Waals surface area (Å²) in [6.45, 7) is 4.57. The van der Waals surface area contributed by atoms with E-state index in [1.54, 1.807) is 0 Å². The van der Waals surface area contributed by atoms with Crippen LogP contribution in [0, 0.1) is 0 Å². The Morgan fingerprint density at radius 3 is 2.36 bits per heavy atom. The summed E-state index contributed by atoms with van der Waals surface area (Å²) in [7, 11) is 0. The molecule has 0 radical (unpaired) electrons. The fraction of sp³-hybridized carbons (Fsp3) is 0.250. The monoisotopic (exact) mass is 327 g/mol. The molecule has 0 saturated carbocycles. The molecule has 1 heteroatoms. The van der Waals surface area contributed by atoms with Crippen LogP contribution in [0.2, 0.25) is 0 Å². The second-order valence-corrected chi connectivity index (χ2v) is 7.11. The van der Waals surface area contributed by atoms with Crippen molar-refractivity contribution in [2.45, 2.75) is 38.6 Å². The van der Waals surface area contributed by atoms with Gasteiger partial charge in [-0.3, -0.25) is 0 Å². The van der Waals surface area contributed by atoms with Crippen LogP contribution in [-0.2, 0) is 6.42 Å². The Labute approximate surface area is 150 Å². The summed E-state index contributed by atoms with van der Waals surface area (Å²) in [4.78, 5) is 0. The molecule has 25 heavy (non-hydrogen) atoms. The van der Waals surface area contributed by atoms with Crippen LogP contribution in [0.25, 0.3) is 11.1 Å². The van der Waals surface area contributed by atoms with Crippen LogP contribution < -0.4 is 5.32 Å². The Morgan fingerprint density at radius 2 is 1.64 bits per heavy atom. The zero-order valence-electron chi connectivity index (χ0n) is 15.0. The summed E-state index contributed by atoms with van der Waals surface area (Å²) in [6, 6.07) is 26.9. The van der Waals surface area contributed by atoms with Gasteiger partial charge in [-0.05, 0) is 52.6 Å². The topological polar surface area (TPSA) is 12.0 Å². The van der Waals surface area contributed by atoms with Crippen LogP contribution >= 0.6 is 0 Å². The second kappa shape index (κ2) is 6.76. The van der Waals surface area contributed by atoms with Crippen molar-refractivity contribution in [2.24, 2.45) is 0 Å². The summed E-state index contributed by atoms with van der Waals surface area (Å²) in [5.41, 5.74) is 8.12. The largest absolute Gasteiger partial charge is 0.378 e. The number of hydrogen-bond donors (Lipinski definition) is 1. The summed E-state index contributed by atoms with van der Waals surface area (Å²) in [5.74, 6) is 0.634. The fourth-order valence-electron chi connectivity index (χ4n) is 3.66. The average molecular weight is 327 g/mol. The van der Waals surface area contributed by atoms with Crippen molar-refractivity contribution in [1.29, 1.82) is 0 Å². The van der Waals surface area contributed by atoms with Crippen molar-refractivity contribution >= 4 is 5.69 Å². The molecule has 1 nitrogen and oxygen atoms in total. The van der Waals surface area contributed by atoms with E-state index < -0.39 is 0 Å². The third kappa shape index (κ3) is 3.19. The molecule has 4 rings (SSSR count). The normalized spacial score (nSPS) is 17.0. The molecule has 0 aromatic heterocycles. The predicted molar refractivity (Wildman–Crippen MR) is 107 cm³/mol. The molecule has 0 saturated heterocycles. The minimum atomic E-state index is 0.381. The predicted octanol–water partition coefficient (Wildman–Crippen LogP) is 6.58. The van der Waals surface area contributed by atoms with Crippen molar-refractivity contribution < 1.29 is 0 Å². The number of rotatable bonds is 4. The molecule has 1 heterocycles. The molecule has 126 valence electrons. The van der Waals surface area contributed by atoms with Gasteiger partial charge >= 0.3 is 0 Å². The second-order valence-electron chi connectivity index (χ2n) is 7.11. The van der Waals surface area contributed by atoms with E-state index in [1.165, 1.54) is 39.9 Å². The quantitative estimate of drug-likeness (QED) is 0.571. The van der Waals surface area contributed by atoms with Gasteiger partial charge in [0.1, 0.15) is 0 Å². The van der Waals surface area contributed by atoms with E-state index in [-0.39, 0.29) is 0 Å². The molecule has 0 spiro atoms. The summed E-state index contributed by atoms with van der Waals surface area (Å²) in [6.07, 6.45) is 2.26. The molecule has 0 aliphatic carbocycles. The van der Waals surface area contributed by atoms with Gasteiger partial charge in [0.15, 0.2) is 0 Å². The highest BCUT2D eigenvalue weighted by Crippen LogP contribution is 2.36. The standard InChI is InChI=1S/C24H25N/c1-3-17(2)21-13-14-23-22(15-21)16-24(25-23)20-11-9-19(10-12-20)18-7-5-4-6-8-18/h4-15,17,24-25H,3,16H2,1-2H3. The van der Waals surface area contributed by atoms with Crippen molar-refractivity contribution in [1.82, 2.24) is 0 Å². The number of fused-ring (bicyclic) bond motifs is 1.